The van der Waals surface area contributed by atoms with Crippen molar-refractivity contribution in [2.24, 2.45) is 0 Å². The molecule has 110 valence electrons. The minimum absolute atomic E-state index is 0.383. The van der Waals surface area contributed by atoms with Crippen LogP contribution in [0.1, 0.15) is 65.2 Å². The molecule has 0 fully saturated rings. The van der Waals surface area contributed by atoms with Gasteiger partial charge in [0.1, 0.15) is 6.10 Å². The second kappa shape index (κ2) is 14.9. The highest BCUT2D eigenvalue weighted by atomic mass is 16.5. The zero-order valence-corrected chi connectivity index (χ0v) is 12.3. The fraction of sp³-hybridized carbons (Fsp3) is 1.00. The number of ether oxygens (including phenoxy) is 2. The van der Waals surface area contributed by atoms with Crippen molar-refractivity contribution >= 4 is 0 Å². The average Bonchev–Trinajstić information content (AvgIpc) is 2.38. The smallest absolute Gasteiger partial charge is 0.101 e. The Kier molecular flexibility index (Phi) is 14.8. The summed E-state index contributed by atoms with van der Waals surface area (Å²) in [6.07, 6.45) is 10.0. The third kappa shape index (κ3) is 13.9. The first-order valence-corrected chi connectivity index (χ1v) is 7.64. The molecule has 0 aromatic heterocycles. The Labute approximate surface area is 113 Å². The molecule has 1 atom stereocenters. The number of hydrogen-bond donors (Lipinski definition) is 1. The van der Waals surface area contributed by atoms with Crippen molar-refractivity contribution in [2.45, 2.75) is 71.3 Å². The van der Waals surface area contributed by atoms with Crippen LogP contribution in [0.3, 0.4) is 0 Å². The second-order valence-corrected chi connectivity index (χ2v) is 4.86. The summed E-state index contributed by atoms with van der Waals surface area (Å²) >= 11 is 0. The zero-order valence-electron chi connectivity index (χ0n) is 12.3. The van der Waals surface area contributed by atoms with Crippen molar-refractivity contribution in [1.82, 2.24) is 0 Å². The summed E-state index contributed by atoms with van der Waals surface area (Å²) in [5, 5.41) is 9.45. The summed E-state index contributed by atoms with van der Waals surface area (Å²) in [7, 11) is 0. The molecule has 0 spiro atoms. The summed E-state index contributed by atoms with van der Waals surface area (Å²) in [6, 6.07) is 0. The molecule has 0 radical (unpaired) electrons. The van der Waals surface area contributed by atoms with Crippen molar-refractivity contribution in [1.29, 1.82) is 0 Å². The average molecular weight is 260 g/mol. The van der Waals surface area contributed by atoms with Crippen LogP contribution in [0.4, 0.5) is 0 Å². The Morgan fingerprint density at radius 1 is 0.778 bits per heavy atom. The van der Waals surface area contributed by atoms with Gasteiger partial charge in [-0.3, -0.25) is 0 Å². The van der Waals surface area contributed by atoms with Gasteiger partial charge in [0, 0.05) is 13.2 Å². The maximum absolute atomic E-state index is 9.45. The predicted molar refractivity (Wildman–Crippen MR) is 75.9 cm³/mol. The first-order chi connectivity index (χ1) is 8.81. The number of rotatable bonds is 14. The van der Waals surface area contributed by atoms with Crippen molar-refractivity contribution in [2.75, 3.05) is 26.4 Å². The van der Waals surface area contributed by atoms with E-state index in [0.29, 0.717) is 19.8 Å². The van der Waals surface area contributed by atoms with Gasteiger partial charge in [-0.15, -0.1) is 0 Å². The molecule has 3 heteroatoms. The number of aliphatic hydroxyl groups excluding tert-OH is 1. The topological polar surface area (TPSA) is 38.7 Å². The van der Waals surface area contributed by atoms with E-state index in [2.05, 4.69) is 6.92 Å². The van der Waals surface area contributed by atoms with E-state index in [-0.39, 0.29) is 0 Å². The van der Waals surface area contributed by atoms with Crippen LogP contribution in [0, 0.1) is 0 Å². The van der Waals surface area contributed by atoms with Gasteiger partial charge in [-0.1, -0.05) is 51.9 Å². The molecule has 0 saturated carbocycles. The standard InChI is InChI=1S/C15H32O3/c1-3-5-6-7-8-9-10-11-12-18-14-15(16)13-17-4-2/h15-16H,3-14H2,1-2H3. The number of aliphatic hydroxyl groups is 1. The lowest BCUT2D eigenvalue weighted by Crippen LogP contribution is -2.21. The van der Waals surface area contributed by atoms with Crippen LogP contribution in [-0.2, 0) is 9.47 Å². The summed E-state index contributed by atoms with van der Waals surface area (Å²) in [6.45, 7) is 6.36. The van der Waals surface area contributed by atoms with Crippen LogP contribution in [0.15, 0.2) is 0 Å². The maximum atomic E-state index is 9.45. The molecule has 0 aliphatic heterocycles. The van der Waals surface area contributed by atoms with Gasteiger partial charge in [0.25, 0.3) is 0 Å². The Morgan fingerprint density at radius 3 is 1.94 bits per heavy atom. The molecular weight excluding hydrogens is 228 g/mol. The van der Waals surface area contributed by atoms with E-state index in [1.54, 1.807) is 0 Å². The van der Waals surface area contributed by atoms with Gasteiger partial charge in [0.2, 0.25) is 0 Å². The minimum Gasteiger partial charge on any atom is -0.388 e. The van der Waals surface area contributed by atoms with Crippen LogP contribution in [0.2, 0.25) is 0 Å². The van der Waals surface area contributed by atoms with Crippen LogP contribution in [0.5, 0.6) is 0 Å². The van der Waals surface area contributed by atoms with Gasteiger partial charge in [0.05, 0.1) is 13.2 Å². The number of hydrogen-bond acceptors (Lipinski definition) is 3. The molecule has 0 aromatic carbocycles. The highest BCUT2D eigenvalue weighted by molar-refractivity contribution is 4.51. The Bertz CT molecular complexity index is 151. The highest BCUT2D eigenvalue weighted by Gasteiger charge is 2.03. The molecule has 1 N–H and O–H groups in total. The van der Waals surface area contributed by atoms with Gasteiger partial charge in [-0.2, -0.15) is 0 Å². The molecule has 18 heavy (non-hydrogen) atoms. The van der Waals surface area contributed by atoms with Crippen molar-refractivity contribution in [3.8, 4) is 0 Å². The van der Waals surface area contributed by atoms with Gasteiger partial charge in [-0.05, 0) is 13.3 Å². The lowest BCUT2D eigenvalue weighted by atomic mass is 10.1. The molecule has 1 unspecified atom stereocenters. The molecule has 0 saturated heterocycles. The summed E-state index contributed by atoms with van der Waals surface area (Å²) < 4.78 is 10.5. The van der Waals surface area contributed by atoms with Crippen molar-refractivity contribution < 1.29 is 14.6 Å². The molecule has 3 nitrogen and oxygen atoms in total. The molecule has 0 aliphatic carbocycles. The third-order valence-electron chi connectivity index (χ3n) is 2.97. The Morgan fingerprint density at radius 2 is 1.33 bits per heavy atom. The lowest BCUT2D eigenvalue weighted by molar-refractivity contribution is -0.0167. The number of unbranched alkanes of at least 4 members (excludes halogenated alkanes) is 7. The monoisotopic (exact) mass is 260 g/mol. The van der Waals surface area contributed by atoms with E-state index in [1.165, 1.54) is 44.9 Å². The molecule has 0 bridgehead atoms. The van der Waals surface area contributed by atoms with Gasteiger partial charge < -0.3 is 14.6 Å². The van der Waals surface area contributed by atoms with Crippen LogP contribution < -0.4 is 0 Å². The van der Waals surface area contributed by atoms with Crippen LogP contribution in [0.25, 0.3) is 0 Å². The normalized spacial score (nSPS) is 12.8. The fourth-order valence-electron chi connectivity index (χ4n) is 1.86. The molecular formula is C15H32O3. The van der Waals surface area contributed by atoms with Crippen molar-refractivity contribution in [3.63, 3.8) is 0 Å². The van der Waals surface area contributed by atoms with Gasteiger partial charge >= 0.3 is 0 Å². The SMILES string of the molecule is CCCCCCCCCCOCC(O)COCC. The van der Waals surface area contributed by atoms with Gasteiger partial charge in [0.15, 0.2) is 0 Å². The van der Waals surface area contributed by atoms with E-state index in [4.69, 9.17) is 9.47 Å². The minimum atomic E-state index is -0.473. The van der Waals surface area contributed by atoms with Crippen LogP contribution in [-0.4, -0.2) is 37.6 Å². The quantitative estimate of drug-likeness (QED) is 0.485. The summed E-state index contributed by atoms with van der Waals surface area (Å²) in [5.41, 5.74) is 0. The van der Waals surface area contributed by atoms with E-state index >= 15 is 0 Å². The van der Waals surface area contributed by atoms with Gasteiger partial charge in [-0.25, -0.2) is 0 Å². The maximum Gasteiger partial charge on any atom is 0.101 e. The van der Waals surface area contributed by atoms with E-state index in [9.17, 15) is 5.11 Å². The Hall–Kier alpha value is -0.120. The van der Waals surface area contributed by atoms with Crippen LogP contribution >= 0.6 is 0 Å². The van der Waals surface area contributed by atoms with Crippen molar-refractivity contribution in [3.05, 3.63) is 0 Å². The molecule has 0 rings (SSSR count). The third-order valence-corrected chi connectivity index (χ3v) is 2.97. The lowest BCUT2D eigenvalue weighted by Gasteiger charge is -2.10. The molecule has 0 aromatic rings. The summed E-state index contributed by atoms with van der Waals surface area (Å²) in [5.74, 6) is 0. The highest BCUT2D eigenvalue weighted by Crippen LogP contribution is 2.08. The first kappa shape index (κ1) is 17.9. The largest absolute Gasteiger partial charge is 0.388 e. The van der Waals surface area contributed by atoms with E-state index in [1.807, 2.05) is 6.92 Å². The van der Waals surface area contributed by atoms with E-state index in [0.717, 1.165) is 13.0 Å². The zero-order chi connectivity index (χ0) is 13.5. The van der Waals surface area contributed by atoms with E-state index < -0.39 is 6.10 Å². The Balaban J connectivity index is 3.02. The molecule has 0 amide bonds. The second-order valence-electron chi connectivity index (χ2n) is 4.86. The summed E-state index contributed by atoms with van der Waals surface area (Å²) in [4.78, 5) is 0. The molecule has 0 aliphatic rings. The fourth-order valence-corrected chi connectivity index (χ4v) is 1.86. The first-order valence-electron chi connectivity index (χ1n) is 7.64. The predicted octanol–water partition coefficient (Wildman–Crippen LogP) is 3.54. The molecule has 0 heterocycles.